The number of rotatable bonds is 7. The van der Waals surface area contributed by atoms with E-state index in [1.165, 1.54) is 6.26 Å². The number of carbonyl (C=O) groups excluding carboxylic acids is 1. The van der Waals surface area contributed by atoms with Gasteiger partial charge in [-0.25, -0.2) is 14.0 Å². The van der Waals surface area contributed by atoms with Crippen LogP contribution in [0.3, 0.4) is 0 Å². The Bertz CT molecular complexity index is 945. The van der Waals surface area contributed by atoms with Crippen LogP contribution in [0.4, 0.5) is 22.2 Å². The van der Waals surface area contributed by atoms with Gasteiger partial charge in [-0.2, -0.15) is 4.98 Å². The van der Waals surface area contributed by atoms with Gasteiger partial charge in [0.1, 0.15) is 5.82 Å². The molecule has 0 saturated heterocycles. The number of benzene rings is 1. The summed E-state index contributed by atoms with van der Waals surface area (Å²) in [4.78, 5) is 20.5. The maximum absolute atomic E-state index is 12.6. The Kier molecular flexibility index (Phi) is 7.95. The molecule has 0 aliphatic heterocycles. The molecule has 11 heteroatoms. The largest absolute Gasteiger partial charge is 0.448 e. The lowest BCUT2D eigenvalue weighted by atomic mass is 10.3. The topological polar surface area (TPSA) is 126 Å². The van der Waals surface area contributed by atoms with Crippen molar-refractivity contribution in [3.63, 3.8) is 0 Å². The van der Waals surface area contributed by atoms with Crippen LogP contribution >= 0.6 is 22.6 Å². The average molecular weight is 519 g/mol. The summed E-state index contributed by atoms with van der Waals surface area (Å²) in [6, 6.07) is 6.49. The highest BCUT2D eigenvalue weighted by atomic mass is 127. The van der Waals surface area contributed by atoms with E-state index in [1.807, 2.05) is 6.92 Å². The highest BCUT2D eigenvalue weighted by Crippen LogP contribution is 2.21. The number of carbonyl (C=O) groups is 1. The number of aromatic nitrogens is 2. The van der Waals surface area contributed by atoms with E-state index >= 15 is 0 Å². The first-order chi connectivity index (χ1) is 13.2. The average Bonchev–Trinajstić information content (AvgIpc) is 2.64. The molecule has 2 aromatic rings. The number of anilines is 3. The number of aliphatic hydroxyl groups is 1. The van der Waals surface area contributed by atoms with E-state index in [0.717, 1.165) is 3.57 Å². The lowest BCUT2D eigenvalue weighted by molar-refractivity contribution is 0.164. The smallest absolute Gasteiger partial charge is 0.442 e. The molecule has 3 N–H and O–H groups in total. The summed E-state index contributed by atoms with van der Waals surface area (Å²) in [6.45, 7) is 3.65. The molecule has 9 nitrogen and oxygen atoms in total. The summed E-state index contributed by atoms with van der Waals surface area (Å²) >= 11 is 2.11. The Morgan fingerprint density at radius 3 is 2.68 bits per heavy atom. The minimum absolute atomic E-state index is 0.0164. The van der Waals surface area contributed by atoms with Gasteiger partial charge in [-0.05, 0) is 60.7 Å². The zero-order valence-electron chi connectivity index (χ0n) is 15.7. The molecule has 0 radical (unpaired) electrons. The van der Waals surface area contributed by atoms with Crippen LogP contribution in [-0.2, 0) is 14.5 Å². The van der Waals surface area contributed by atoms with Gasteiger partial charge in [0.05, 0.1) is 26.5 Å². The van der Waals surface area contributed by atoms with Crippen molar-refractivity contribution in [2.24, 2.45) is 4.36 Å². The number of hydrogen-bond acceptors (Lipinski definition) is 8. The number of nitrogens with one attached hydrogen (secondary N) is 2. The molecule has 0 bridgehead atoms. The number of halogens is 1. The molecule has 0 spiro atoms. The standard InChI is InChI=1S/C17H22IN5O4S/c1-4-27-17(25)23-28(3,26)13-7-5-12(6-8-13)21-16-19-9-14(18)15(22-16)20-11(2)10-24/h5-9,11,24H,4,10H2,1-3H3,(H2,19,20,21,22)/t11-,28?/m1/s1. The van der Waals surface area contributed by atoms with Crippen LogP contribution in [0.5, 0.6) is 0 Å². The van der Waals surface area contributed by atoms with Crippen molar-refractivity contribution >= 4 is 55.9 Å². The first kappa shape index (κ1) is 22.3. The lowest BCUT2D eigenvalue weighted by Gasteiger charge is -2.14. The van der Waals surface area contributed by atoms with Gasteiger partial charge in [0, 0.05) is 29.1 Å². The van der Waals surface area contributed by atoms with Gasteiger partial charge in [-0.1, -0.05) is 0 Å². The molecule has 28 heavy (non-hydrogen) atoms. The van der Waals surface area contributed by atoms with Gasteiger partial charge >= 0.3 is 6.09 Å². The molecule has 1 aromatic carbocycles. The number of aliphatic hydroxyl groups excluding tert-OH is 1. The summed E-state index contributed by atoms with van der Waals surface area (Å²) in [5.41, 5.74) is 0.678. The molecule has 2 rings (SSSR count). The number of ether oxygens (including phenoxy) is 1. The van der Waals surface area contributed by atoms with Gasteiger partial charge in [-0.15, -0.1) is 4.36 Å². The summed E-state index contributed by atoms with van der Waals surface area (Å²) in [5.74, 6) is 0.982. The molecule has 152 valence electrons. The van der Waals surface area contributed by atoms with Crippen LogP contribution in [0.2, 0.25) is 0 Å². The van der Waals surface area contributed by atoms with Crippen LogP contribution in [0.15, 0.2) is 39.7 Å². The normalized spacial score (nSPS) is 13.9. The predicted octanol–water partition coefficient (Wildman–Crippen LogP) is 3.23. The first-order valence-corrected chi connectivity index (χ1v) is 11.4. The Labute approximate surface area is 177 Å². The number of amides is 1. The van der Waals surface area contributed by atoms with Gasteiger partial charge < -0.3 is 20.5 Å². The maximum Gasteiger partial charge on any atom is 0.442 e. The quantitative estimate of drug-likeness (QED) is 0.477. The molecule has 0 saturated carbocycles. The van der Waals surface area contributed by atoms with E-state index in [2.05, 4.69) is 47.6 Å². The third kappa shape index (κ3) is 6.27. The Balaban J connectivity index is 2.18. The molecule has 1 heterocycles. The fourth-order valence-corrected chi connectivity index (χ4v) is 3.57. The van der Waals surface area contributed by atoms with Crippen molar-refractivity contribution in [2.45, 2.75) is 24.8 Å². The molecule has 1 unspecified atom stereocenters. The van der Waals surface area contributed by atoms with E-state index in [9.17, 15) is 14.1 Å². The van der Waals surface area contributed by atoms with E-state index in [-0.39, 0.29) is 19.3 Å². The van der Waals surface area contributed by atoms with E-state index in [0.29, 0.717) is 22.3 Å². The lowest BCUT2D eigenvalue weighted by Crippen LogP contribution is -2.21. The number of hydrogen-bond donors (Lipinski definition) is 3. The first-order valence-electron chi connectivity index (χ1n) is 8.41. The van der Waals surface area contributed by atoms with Crippen molar-refractivity contribution in [2.75, 3.05) is 30.1 Å². The summed E-state index contributed by atoms with van der Waals surface area (Å²) in [5, 5.41) is 15.3. The van der Waals surface area contributed by atoms with E-state index < -0.39 is 15.8 Å². The summed E-state index contributed by atoms with van der Waals surface area (Å²) < 4.78 is 21.8. The van der Waals surface area contributed by atoms with Gasteiger partial charge in [-0.3, -0.25) is 0 Å². The van der Waals surface area contributed by atoms with Crippen molar-refractivity contribution in [1.82, 2.24) is 9.97 Å². The fourth-order valence-electron chi connectivity index (χ4n) is 2.07. The molecule has 0 aliphatic rings. The highest BCUT2D eigenvalue weighted by molar-refractivity contribution is 14.1. The van der Waals surface area contributed by atoms with Crippen LogP contribution in [0.1, 0.15) is 13.8 Å². The Hall–Kier alpha value is -1.99. The van der Waals surface area contributed by atoms with Gasteiger partial charge in [0.25, 0.3) is 0 Å². The summed E-state index contributed by atoms with van der Waals surface area (Å²) in [7, 11) is -2.89. The van der Waals surface area contributed by atoms with Crippen molar-refractivity contribution in [3.8, 4) is 0 Å². The highest BCUT2D eigenvalue weighted by Gasteiger charge is 2.11. The molecular formula is C17H22IN5O4S. The fraction of sp³-hybridized carbons (Fsp3) is 0.353. The Morgan fingerprint density at radius 1 is 1.39 bits per heavy atom. The zero-order chi connectivity index (χ0) is 20.7. The van der Waals surface area contributed by atoms with E-state index in [1.54, 1.807) is 37.4 Å². The Morgan fingerprint density at radius 2 is 2.07 bits per heavy atom. The molecule has 2 atom stereocenters. The van der Waals surface area contributed by atoms with Crippen molar-refractivity contribution in [3.05, 3.63) is 34.0 Å². The van der Waals surface area contributed by atoms with E-state index in [4.69, 9.17) is 4.74 Å². The van der Waals surface area contributed by atoms with Crippen LogP contribution < -0.4 is 10.6 Å². The van der Waals surface area contributed by atoms with Crippen LogP contribution in [0, 0.1) is 3.57 Å². The van der Waals surface area contributed by atoms with Crippen molar-refractivity contribution < 1.29 is 18.8 Å². The monoisotopic (exact) mass is 519 g/mol. The molecule has 1 amide bonds. The van der Waals surface area contributed by atoms with Crippen LogP contribution in [0.25, 0.3) is 0 Å². The third-order valence-corrected chi connectivity index (χ3v) is 5.90. The minimum Gasteiger partial charge on any atom is -0.448 e. The molecule has 0 aliphatic carbocycles. The predicted molar refractivity (Wildman–Crippen MR) is 116 cm³/mol. The molecule has 1 aromatic heterocycles. The third-order valence-electron chi connectivity index (χ3n) is 3.47. The minimum atomic E-state index is -2.89. The SMILES string of the molecule is CCOC(=O)N=S(C)(=O)c1ccc(Nc2ncc(I)c(N[C@H](C)CO)n2)cc1. The molecule has 0 fully saturated rings. The summed E-state index contributed by atoms with van der Waals surface area (Å²) in [6.07, 6.45) is 2.20. The number of nitrogens with zero attached hydrogens (tertiary/aromatic N) is 3. The maximum atomic E-state index is 12.6. The molecular weight excluding hydrogens is 497 g/mol. The second-order valence-electron chi connectivity index (χ2n) is 5.86. The second kappa shape index (κ2) is 9.98. The van der Waals surface area contributed by atoms with Gasteiger partial charge in [0.2, 0.25) is 5.95 Å². The van der Waals surface area contributed by atoms with Crippen molar-refractivity contribution in [1.29, 1.82) is 0 Å². The van der Waals surface area contributed by atoms with Crippen LogP contribution in [-0.4, -0.2) is 50.9 Å². The van der Waals surface area contributed by atoms with Gasteiger partial charge in [0.15, 0.2) is 0 Å². The second-order valence-corrected chi connectivity index (χ2v) is 9.28. The zero-order valence-corrected chi connectivity index (χ0v) is 18.7.